The van der Waals surface area contributed by atoms with Crippen molar-refractivity contribution in [2.75, 3.05) is 13.1 Å². The van der Waals surface area contributed by atoms with Crippen LogP contribution >= 0.6 is 11.6 Å². The normalized spacial score (nSPS) is 20.1. The fraction of sp³-hybridized carbons (Fsp3) is 0.314. The van der Waals surface area contributed by atoms with E-state index in [0.29, 0.717) is 44.9 Å². The van der Waals surface area contributed by atoms with E-state index in [0.717, 1.165) is 16.7 Å². The second-order valence-electron chi connectivity index (χ2n) is 10.7. The van der Waals surface area contributed by atoms with Gasteiger partial charge in [-0.05, 0) is 41.7 Å². The van der Waals surface area contributed by atoms with Crippen molar-refractivity contribution in [2.24, 2.45) is 0 Å². The lowest BCUT2D eigenvalue weighted by Crippen LogP contribution is -2.60. The first-order chi connectivity index (χ1) is 20.1. The Kier molecular flexibility index (Phi) is 10.6. The molecule has 0 N–H and O–H groups in total. The average Bonchev–Trinajstić information content (AvgIpc) is 3.01. The topological polar surface area (TPSA) is 30.9 Å². The van der Waals surface area contributed by atoms with Gasteiger partial charge in [-0.2, -0.15) is 0 Å². The molecule has 0 aromatic heterocycles. The molecular weight excluding hydrogens is 537 g/mol. The van der Waals surface area contributed by atoms with Crippen LogP contribution in [0, 0.1) is 5.82 Å². The van der Waals surface area contributed by atoms with Gasteiger partial charge in [-0.25, -0.2) is 4.39 Å². The third-order valence-corrected chi connectivity index (χ3v) is 7.92. The van der Waals surface area contributed by atoms with Crippen molar-refractivity contribution in [1.29, 1.82) is 0 Å². The van der Waals surface area contributed by atoms with E-state index in [-0.39, 0.29) is 35.2 Å². The summed E-state index contributed by atoms with van der Waals surface area (Å²) in [6, 6.07) is 35.7. The van der Waals surface area contributed by atoms with Gasteiger partial charge in [0.2, 0.25) is 0 Å². The number of piperidine rings is 1. The van der Waals surface area contributed by atoms with Crippen LogP contribution in [0.5, 0.6) is 0 Å². The van der Waals surface area contributed by atoms with Crippen LogP contribution < -0.4 is 0 Å². The molecule has 1 fully saturated rings. The monoisotopic (exact) mass is 573 g/mol. The molecule has 1 aliphatic heterocycles. The highest BCUT2D eigenvalue weighted by Gasteiger charge is 2.41. The fourth-order valence-corrected chi connectivity index (χ4v) is 5.52. The van der Waals surface area contributed by atoms with E-state index in [1.165, 1.54) is 0 Å². The van der Waals surface area contributed by atoms with E-state index >= 15 is 0 Å². The minimum atomic E-state index is -0.351. The molecule has 0 bridgehead atoms. The summed E-state index contributed by atoms with van der Waals surface area (Å²) in [7, 11) is 0. The fourth-order valence-electron chi connectivity index (χ4n) is 5.33. The van der Waals surface area contributed by atoms with E-state index in [2.05, 4.69) is 48.2 Å². The highest BCUT2D eigenvalue weighted by molar-refractivity contribution is 6.30. The standard InChI is InChI=1S/C35H37ClFNO3/c1-26(20-30-18-11-19-31(36)34(30)37)38-21-32(39-23-27-12-5-2-6-13-27)35(41-25-29-16-9-4-10-17-29)33(22-38)40-24-28-14-7-3-8-15-28/h2-19,26,32-33,35H,20-25H2,1H3/t26?,32-,33+,35?. The van der Waals surface area contributed by atoms with Crippen LogP contribution in [0.15, 0.2) is 109 Å². The summed E-state index contributed by atoms with van der Waals surface area (Å²) >= 11 is 6.09. The lowest BCUT2D eigenvalue weighted by Gasteiger charge is -2.45. The van der Waals surface area contributed by atoms with Gasteiger partial charge in [-0.3, -0.25) is 4.90 Å². The van der Waals surface area contributed by atoms with E-state index < -0.39 is 0 Å². The van der Waals surface area contributed by atoms with Crippen LogP contribution in [0.2, 0.25) is 5.02 Å². The number of halogens is 2. The molecule has 2 unspecified atom stereocenters. The minimum Gasteiger partial charge on any atom is -0.369 e. The summed E-state index contributed by atoms with van der Waals surface area (Å²) in [6.07, 6.45) is -0.257. The van der Waals surface area contributed by atoms with Crippen molar-refractivity contribution in [3.63, 3.8) is 0 Å². The SMILES string of the molecule is CC(Cc1cccc(Cl)c1F)N1C[C@H](OCc2ccccc2)C(OCc2ccccc2)[C@H](OCc2ccccc2)C1. The molecule has 0 spiro atoms. The second kappa shape index (κ2) is 14.7. The van der Waals surface area contributed by atoms with Crippen LogP contribution in [0.25, 0.3) is 0 Å². The zero-order chi connectivity index (χ0) is 28.4. The quantitative estimate of drug-likeness (QED) is 0.176. The Bertz CT molecular complexity index is 1290. The highest BCUT2D eigenvalue weighted by atomic mass is 35.5. The van der Waals surface area contributed by atoms with Crippen LogP contribution in [-0.4, -0.2) is 42.3 Å². The van der Waals surface area contributed by atoms with Gasteiger partial charge in [0.05, 0.1) is 37.1 Å². The third-order valence-electron chi connectivity index (χ3n) is 7.63. The Hall–Kier alpha value is -3.06. The van der Waals surface area contributed by atoms with Gasteiger partial charge in [-0.1, -0.05) is 115 Å². The van der Waals surface area contributed by atoms with Crippen molar-refractivity contribution >= 4 is 11.6 Å². The lowest BCUT2D eigenvalue weighted by molar-refractivity contribution is -0.188. The van der Waals surface area contributed by atoms with Gasteiger partial charge >= 0.3 is 0 Å². The molecule has 41 heavy (non-hydrogen) atoms. The molecular formula is C35H37ClFNO3. The molecule has 0 aliphatic carbocycles. The van der Waals surface area contributed by atoms with Gasteiger partial charge in [0.15, 0.2) is 0 Å². The zero-order valence-corrected chi connectivity index (χ0v) is 24.1. The number of ether oxygens (including phenoxy) is 3. The van der Waals surface area contributed by atoms with Crippen LogP contribution in [0.3, 0.4) is 0 Å². The second-order valence-corrected chi connectivity index (χ2v) is 11.1. The van der Waals surface area contributed by atoms with Crippen LogP contribution in [0.4, 0.5) is 4.39 Å². The first-order valence-corrected chi connectivity index (χ1v) is 14.6. The van der Waals surface area contributed by atoms with Crippen molar-refractivity contribution in [3.8, 4) is 0 Å². The van der Waals surface area contributed by atoms with Crippen LogP contribution in [0.1, 0.15) is 29.2 Å². The molecule has 0 radical (unpaired) electrons. The first kappa shape index (κ1) is 29.4. The molecule has 4 atom stereocenters. The number of likely N-dealkylation sites (tertiary alicyclic amines) is 1. The van der Waals surface area contributed by atoms with Crippen molar-refractivity contribution < 1.29 is 18.6 Å². The molecule has 0 saturated carbocycles. The number of benzene rings is 4. The first-order valence-electron chi connectivity index (χ1n) is 14.2. The maximum atomic E-state index is 14.8. The Balaban J connectivity index is 1.38. The Morgan fingerprint density at radius 3 is 1.63 bits per heavy atom. The van der Waals surface area contributed by atoms with Gasteiger partial charge in [-0.15, -0.1) is 0 Å². The molecule has 1 heterocycles. The van der Waals surface area contributed by atoms with Crippen molar-refractivity contribution in [2.45, 2.75) is 57.5 Å². The molecule has 214 valence electrons. The molecule has 4 nitrogen and oxygen atoms in total. The number of rotatable bonds is 12. The van der Waals surface area contributed by atoms with E-state index in [9.17, 15) is 4.39 Å². The predicted molar refractivity (Wildman–Crippen MR) is 161 cm³/mol. The van der Waals surface area contributed by atoms with E-state index in [4.69, 9.17) is 25.8 Å². The maximum absolute atomic E-state index is 14.8. The Labute approximate surface area is 247 Å². The van der Waals surface area contributed by atoms with E-state index in [1.54, 1.807) is 18.2 Å². The molecule has 4 aromatic carbocycles. The Morgan fingerprint density at radius 1 is 0.683 bits per heavy atom. The maximum Gasteiger partial charge on any atom is 0.145 e. The minimum absolute atomic E-state index is 0.0312. The number of nitrogens with zero attached hydrogens (tertiary/aromatic N) is 1. The summed E-state index contributed by atoms with van der Waals surface area (Å²) in [4.78, 5) is 2.33. The summed E-state index contributed by atoms with van der Waals surface area (Å²) in [5.41, 5.74) is 3.91. The summed E-state index contributed by atoms with van der Waals surface area (Å²) in [6.45, 7) is 4.79. The third kappa shape index (κ3) is 8.25. The molecule has 1 aliphatic rings. The smallest absolute Gasteiger partial charge is 0.145 e. The molecule has 4 aromatic rings. The summed E-state index contributed by atoms with van der Waals surface area (Å²) in [5.74, 6) is -0.351. The highest BCUT2D eigenvalue weighted by Crippen LogP contribution is 2.27. The van der Waals surface area contributed by atoms with Crippen LogP contribution in [-0.2, 0) is 40.5 Å². The molecule has 1 saturated heterocycles. The molecule has 0 amide bonds. The summed E-state index contributed by atoms with van der Waals surface area (Å²) < 4.78 is 34.6. The van der Waals surface area contributed by atoms with Gasteiger partial charge in [0.1, 0.15) is 11.9 Å². The average molecular weight is 574 g/mol. The summed E-state index contributed by atoms with van der Waals surface area (Å²) in [5, 5.41) is 0.149. The van der Waals surface area contributed by atoms with E-state index in [1.807, 2.05) is 54.6 Å². The Morgan fingerprint density at radius 2 is 1.15 bits per heavy atom. The largest absolute Gasteiger partial charge is 0.369 e. The molecule has 5 rings (SSSR count). The molecule has 6 heteroatoms. The van der Waals surface area contributed by atoms with Gasteiger partial charge < -0.3 is 14.2 Å². The van der Waals surface area contributed by atoms with Crippen molar-refractivity contribution in [3.05, 3.63) is 142 Å². The predicted octanol–water partition coefficient (Wildman–Crippen LogP) is 7.48. The number of hydrogen-bond donors (Lipinski definition) is 0. The van der Waals surface area contributed by atoms with Gasteiger partial charge in [0.25, 0.3) is 0 Å². The van der Waals surface area contributed by atoms with Crippen molar-refractivity contribution in [1.82, 2.24) is 4.90 Å². The van der Waals surface area contributed by atoms with Gasteiger partial charge in [0, 0.05) is 19.1 Å². The zero-order valence-electron chi connectivity index (χ0n) is 23.4. The lowest BCUT2D eigenvalue weighted by atomic mass is 9.97. The number of hydrogen-bond acceptors (Lipinski definition) is 4.